The molecule has 1 atom stereocenters. The Morgan fingerprint density at radius 1 is 1.17 bits per heavy atom. The van der Waals surface area contributed by atoms with E-state index in [4.69, 9.17) is 0 Å². The molecule has 1 N–H and O–H groups in total. The monoisotopic (exact) mass is 355 g/mol. The van der Waals surface area contributed by atoms with Crippen LogP contribution in [0.4, 0.5) is 4.39 Å². The molecule has 2 rings (SSSR count). The van der Waals surface area contributed by atoms with Crippen LogP contribution in [0, 0.1) is 16.3 Å². The third-order valence-corrected chi connectivity index (χ3v) is 3.69. The molecule has 18 heavy (non-hydrogen) atoms. The Labute approximate surface area is 121 Å². The zero-order chi connectivity index (χ0) is 13.1. The molecular weight excluding hydrogens is 340 g/mol. The highest BCUT2D eigenvalue weighted by Crippen LogP contribution is 2.26. The molecule has 0 aromatic heterocycles. The van der Waals surface area contributed by atoms with E-state index in [0.29, 0.717) is 0 Å². The van der Waals surface area contributed by atoms with Crippen molar-refractivity contribution in [1.29, 1.82) is 0 Å². The number of nitrogens with one attached hydrogen (secondary N) is 1. The van der Waals surface area contributed by atoms with Gasteiger partial charge in [0, 0.05) is 3.57 Å². The maximum Gasteiger partial charge on any atom is 0.123 e. The summed E-state index contributed by atoms with van der Waals surface area (Å²) in [4.78, 5) is 0. The predicted octanol–water partition coefficient (Wildman–Crippen LogP) is 4.05. The first-order chi connectivity index (χ1) is 8.61. The van der Waals surface area contributed by atoms with Gasteiger partial charge in [-0.2, -0.15) is 0 Å². The van der Waals surface area contributed by atoms with Crippen LogP contribution >= 0.6 is 22.6 Å². The van der Waals surface area contributed by atoms with Crippen LogP contribution in [-0.2, 0) is 0 Å². The van der Waals surface area contributed by atoms with Gasteiger partial charge in [-0.15, -0.1) is 0 Å². The first kappa shape index (κ1) is 13.5. The molecule has 0 heterocycles. The average Bonchev–Trinajstić information content (AvgIpc) is 2.35. The van der Waals surface area contributed by atoms with Crippen LogP contribution in [0.25, 0.3) is 0 Å². The summed E-state index contributed by atoms with van der Waals surface area (Å²) in [5.74, 6) is -0.193. The predicted molar refractivity (Wildman–Crippen MR) is 81.2 cm³/mol. The third-order valence-electron chi connectivity index (χ3n) is 3.02. The molecule has 0 bridgehead atoms. The van der Waals surface area contributed by atoms with Crippen LogP contribution < -0.4 is 5.32 Å². The molecule has 3 heteroatoms. The highest BCUT2D eigenvalue weighted by Gasteiger charge is 2.15. The molecule has 0 spiro atoms. The van der Waals surface area contributed by atoms with Gasteiger partial charge in [-0.05, 0) is 77.5 Å². The summed E-state index contributed by atoms with van der Waals surface area (Å²) in [6.45, 7) is 2.01. The van der Waals surface area contributed by atoms with E-state index in [0.717, 1.165) is 16.7 Å². The van der Waals surface area contributed by atoms with Gasteiger partial charge in [-0.25, -0.2) is 4.39 Å². The number of rotatable bonds is 3. The van der Waals surface area contributed by atoms with Crippen LogP contribution in [0.3, 0.4) is 0 Å². The fourth-order valence-corrected chi connectivity index (χ4v) is 2.68. The SMILES string of the molecule is CNC(c1cccc(I)c1)c1cc(F)ccc1C. The molecule has 0 aliphatic carbocycles. The topological polar surface area (TPSA) is 12.0 Å². The number of aryl methyl sites for hydroxylation is 1. The van der Waals surface area contributed by atoms with Crippen LogP contribution in [0.15, 0.2) is 42.5 Å². The molecule has 0 aliphatic heterocycles. The molecule has 2 aromatic rings. The summed E-state index contributed by atoms with van der Waals surface area (Å²) >= 11 is 2.29. The van der Waals surface area contributed by atoms with E-state index in [1.165, 1.54) is 9.64 Å². The summed E-state index contributed by atoms with van der Waals surface area (Å²) in [6, 6.07) is 13.2. The van der Waals surface area contributed by atoms with Crippen LogP contribution in [-0.4, -0.2) is 7.05 Å². The zero-order valence-electron chi connectivity index (χ0n) is 10.4. The first-order valence-electron chi connectivity index (χ1n) is 5.80. The highest BCUT2D eigenvalue weighted by molar-refractivity contribution is 14.1. The fraction of sp³-hybridized carbons (Fsp3) is 0.200. The Kier molecular flexibility index (Phi) is 4.35. The number of hydrogen-bond donors (Lipinski definition) is 1. The lowest BCUT2D eigenvalue weighted by Crippen LogP contribution is -2.19. The largest absolute Gasteiger partial charge is 0.309 e. The minimum atomic E-state index is -0.193. The summed E-state index contributed by atoms with van der Waals surface area (Å²) in [5.41, 5.74) is 3.23. The normalized spacial score (nSPS) is 12.4. The number of benzene rings is 2. The molecule has 0 radical (unpaired) electrons. The van der Waals surface area contributed by atoms with Gasteiger partial charge in [0.05, 0.1) is 6.04 Å². The second-order valence-corrected chi connectivity index (χ2v) is 5.52. The first-order valence-corrected chi connectivity index (χ1v) is 6.88. The van der Waals surface area contributed by atoms with E-state index in [2.05, 4.69) is 46.1 Å². The molecule has 0 aliphatic rings. The summed E-state index contributed by atoms with van der Waals surface area (Å²) in [5, 5.41) is 3.26. The minimum Gasteiger partial charge on any atom is -0.309 e. The smallest absolute Gasteiger partial charge is 0.123 e. The van der Waals surface area contributed by atoms with Crippen molar-refractivity contribution in [2.24, 2.45) is 0 Å². The third kappa shape index (κ3) is 2.90. The molecular formula is C15H15FIN. The standard InChI is InChI=1S/C15H15FIN/c1-10-6-7-12(16)9-14(10)15(18-2)11-4-3-5-13(17)8-11/h3-9,15,18H,1-2H3. The van der Waals surface area contributed by atoms with E-state index in [1.54, 1.807) is 6.07 Å². The maximum atomic E-state index is 13.4. The lowest BCUT2D eigenvalue weighted by Gasteiger charge is -2.19. The lowest BCUT2D eigenvalue weighted by molar-refractivity contribution is 0.615. The molecule has 0 amide bonds. The van der Waals surface area contributed by atoms with E-state index in [1.807, 2.05) is 26.1 Å². The Hall–Kier alpha value is -0.940. The van der Waals surface area contributed by atoms with Crippen molar-refractivity contribution in [3.05, 3.63) is 68.5 Å². The van der Waals surface area contributed by atoms with Gasteiger partial charge in [0.25, 0.3) is 0 Å². The van der Waals surface area contributed by atoms with Gasteiger partial charge < -0.3 is 5.32 Å². The molecule has 1 nitrogen and oxygen atoms in total. The lowest BCUT2D eigenvalue weighted by atomic mass is 9.95. The summed E-state index contributed by atoms with van der Waals surface area (Å²) in [7, 11) is 1.90. The van der Waals surface area contributed by atoms with Crippen LogP contribution in [0.5, 0.6) is 0 Å². The van der Waals surface area contributed by atoms with Gasteiger partial charge in [0.15, 0.2) is 0 Å². The Morgan fingerprint density at radius 2 is 1.94 bits per heavy atom. The van der Waals surface area contributed by atoms with Crippen molar-refractivity contribution in [2.75, 3.05) is 7.05 Å². The van der Waals surface area contributed by atoms with Crippen LogP contribution in [0.1, 0.15) is 22.7 Å². The van der Waals surface area contributed by atoms with E-state index in [-0.39, 0.29) is 11.9 Å². The van der Waals surface area contributed by atoms with Crippen molar-refractivity contribution in [3.8, 4) is 0 Å². The van der Waals surface area contributed by atoms with Gasteiger partial charge in [-0.1, -0.05) is 18.2 Å². The fourth-order valence-electron chi connectivity index (χ4n) is 2.11. The summed E-state index contributed by atoms with van der Waals surface area (Å²) < 4.78 is 14.6. The molecule has 0 saturated carbocycles. The number of hydrogen-bond acceptors (Lipinski definition) is 1. The van der Waals surface area contributed by atoms with Crippen LogP contribution in [0.2, 0.25) is 0 Å². The van der Waals surface area contributed by atoms with Gasteiger partial charge in [-0.3, -0.25) is 0 Å². The zero-order valence-corrected chi connectivity index (χ0v) is 12.5. The van der Waals surface area contributed by atoms with Crippen molar-refractivity contribution in [1.82, 2.24) is 5.32 Å². The Bertz CT molecular complexity index is 554. The number of halogens is 2. The van der Waals surface area contributed by atoms with Gasteiger partial charge in [0.2, 0.25) is 0 Å². The second-order valence-electron chi connectivity index (χ2n) is 4.28. The minimum absolute atomic E-state index is 0.0235. The van der Waals surface area contributed by atoms with E-state index >= 15 is 0 Å². The van der Waals surface area contributed by atoms with Crippen molar-refractivity contribution in [2.45, 2.75) is 13.0 Å². The Morgan fingerprint density at radius 3 is 2.61 bits per heavy atom. The molecule has 2 aromatic carbocycles. The van der Waals surface area contributed by atoms with E-state index < -0.39 is 0 Å². The second kappa shape index (κ2) is 5.80. The maximum absolute atomic E-state index is 13.4. The average molecular weight is 355 g/mol. The van der Waals surface area contributed by atoms with Crippen molar-refractivity contribution < 1.29 is 4.39 Å². The molecule has 0 saturated heterocycles. The quantitative estimate of drug-likeness (QED) is 0.820. The van der Waals surface area contributed by atoms with Gasteiger partial charge >= 0.3 is 0 Å². The Balaban J connectivity index is 2.48. The summed E-state index contributed by atoms with van der Waals surface area (Å²) in [6.07, 6.45) is 0. The van der Waals surface area contributed by atoms with Crippen molar-refractivity contribution >= 4 is 22.6 Å². The van der Waals surface area contributed by atoms with Crippen molar-refractivity contribution in [3.63, 3.8) is 0 Å². The molecule has 94 valence electrons. The van der Waals surface area contributed by atoms with E-state index in [9.17, 15) is 4.39 Å². The molecule has 0 fully saturated rings. The van der Waals surface area contributed by atoms with Gasteiger partial charge in [0.1, 0.15) is 5.82 Å². The highest BCUT2D eigenvalue weighted by atomic mass is 127. The molecule has 1 unspecified atom stereocenters.